The average Bonchev–Trinajstić information content (AvgIpc) is 2.67. The van der Waals surface area contributed by atoms with Crippen molar-refractivity contribution in [3.05, 3.63) is 34.4 Å². The number of hydrogen-bond donors (Lipinski definition) is 1. The normalized spacial score (nSPS) is 20.7. The van der Waals surface area contributed by atoms with Gasteiger partial charge in [-0.1, -0.05) is 12.1 Å². The number of benzene rings is 1. The van der Waals surface area contributed by atoms with Crippen LogP contribution in [-0.4, -0.2) is 23.5 Å². The van der Waals surface area contributed by atoms with E-state index in [1.807, 2.05) is 0 Å². The SMILES string of the molecule is Cc1cc(C)c(C(CN)N2CCCC2(C)C)cc1C. The van der Waals surface area contributed by atoms with E-state index >= 15 is 0 Å². The highest BCUT2D eigenvalue weighted by atomic mass is 15.2. The summed E-state index contributed by atoms with van der Waals surface area (Å²) >= 11 is 0. The molecule has 0 amide bonds. The van der Waals surface area contributed by atoms with Crippen LogP contribution >= 0.6 is 0 Å². The minimum atomic E-state index is 0.273. The number of likely N-dealkylation sites (tertiary alicyclic amines) is 1. The van der Waals surface area contributed by atoms with Gasteiger partial charge in [0.25, 0.3) is 0 Å². The third kappa shape index (κ3) is 2.70. The third-order valence-electron chi connectivity index (χ3n) is 4.81. The third-order valence-corrected chi connectivity index (χ3v) is 4.81. The van der Waals surface area contributed by atoms with Crippen LogP contribution in [0, 0.1) is 20.8 Å². The summed E-state index contributed by atoms with van der Waals surface area (Å²) < 4.78 is 0. The molecule has 1 aromatic carbocycles. The smallest absolute Gasteiger partial charge is 0.0478 e. The molecule has 1 unspecified atom stereocenters. The summed E-state index contributed by atoms with van der Waals surface area (Å²) in [6.45, 7) is 13.2. The average molecular weight is 260 g/mol. The summed E-state index contributed by atoms with van der Waals surface area (Å²) in [7, 11) is 0. The van der Waals surface area contributed by atoms with Gasteiger partial charge in [0, 0.05) is 18.1 Å². The maximum Gasteiger partial charge on any atom is 0.0478 e. The summed E-state index contributed by atoms with van der Waals surface area (Å²) in [4.78, 5) is 2.60. The zero-order chi connectivity index (χ0) is 14.2. The Bertz CT molecular complexity index is 463. The van der Waals surface area contributed by atoms with Crippen LogP contribution in [0.3, 0.4) is 0 Å². The van der Waals surface area contributed by atoms with Crippen molar-refractivity contribution in [2.75, 3.05) is 13.1 Å². The molecule has 1 aliphatic heterocycles. The molecule has 0 radical (unpaired) electrons. The van der Waals surface area contributed by atoms with Crippen LogP contribution in [0.4, 0.5) is 0 Å². The Morgan fingerprint density at radius 2 is 1.79 bits per heavy atom. The highest BCUT2D eigenvalue weighted by Gasteiger charge is 2.37. The van der Waals surface area contributed by atoms with Gasteiger partial charge < -0.3 is 5.73 Å². The van der Waals surface area contributed by atoms with Gasteiger partial charge in [0.15, 0.2) is 0 Å². The number of aryl methyl sites for hydroxylation is 3. The van der Waals surface area contributed by atoms with Crippen LogP contribution in [0.25, 0.3) is 0 Å². The predicted molar refractivity (Wildman–Crippen MR) is 82.5 cm³/mol. The molecule has 0 spiro atoms. The van der Waals surface area contributed by atoms with E-state index in [0.29, 0.717) is 12.6 Å². The summed E-state index contributed by atoms with van der Waals surface area (Å²) in [5.74, 6) is 0. The van der Waals surface area contributed by atoms with E-state index in [0.717, 1.165) is 0 Å². The Hall–Kier alpha value is -0.860. The molecule has 19 heavy (non-hydrogen) atoms. The van der Waals surface area contributed by atoms with E-state index in [9.17, 15) is 0 Å². The molecule has 1 aliphatic rings. The Labute approximate surface area is 118 Å². The first-order valence-electron chi connectivity index (χ1n) is 7.41. The van der Waals surface area contributed by atoms with Crippen LogP contribution in [0.5, 0.6) is 0 Å². The topological polar surface area (TPSA) is 29.3 Å². The van der Waals surface area contributed by atoms with Crippen molar-refractivity contribution in [3.8, 4) is 0 Å². The van der Waals surface area contributed by atoms with E-state index < -0.39 is 0 Å². The molecule has 1 aromatic rings. The lowest BCUT2D eigenvalue weighted by molar-refractivity contribution is 0.119. The lowest BCUT2D eigenvalue weighted by atomic mass is 9.92. The fraction of sp³-hybridized carbons (Fsp3) is 0.647. The molecule has 1 atom stereocenters. The molecule has 2 nitrogen and oxygen atoms in total. The van der Waals surface area contributed by atoms with E-state index in [1.165, 1.54) is 41.6 Å². The Morgan fingerprint density at radius 3 is 2.32 bits per heavy atom. The number of hydrogen-bond acceptors (Lipinski definition) is 2. The van der Waals surface area contributed by atoms with Crippen LogP contribution in [0.1, 0.15) is 55.0 Å². The minimum absolute atomic E-state index is 0.273. The molecular formula is C17H28N2. The van der Waals surface area contributed by atoms with E-state index in [-0.39, 0.29) is 5.54 Å². The van der Waals surface area contributed by atoms with Gasteiger partial charge in [-0.3, -0.25) is 4.90 Å². The Morgan fingerprint density at radius 1 is 1.16 bits per heavy atom. The molecule has 2 heteroatoms. The van der Waals surface area contributed by atoms with Crippen LogP contribution < -0.4 is 5.73 Å². The Balaban J connectivity index is 2.40. The summed E-state index contributed by atoms with van der Waals surface area (Å²) in [6, 6.07) is 5.00. The second-order valence-electron chi connectivity index (χ2n) is 6.65. The van der Waals surface area contributed by atoms with Crippen LogP contribution in [0.15, 0.2) is 12.1 Å². The molecule has 0 bridgehead atoms. The van der Waals surface area contributed by atoms with Crippen molar-refractivity contribution in [3.63, 3.8) is 0 Å². The van der Waals surface area contributed by atoms with Crippen molar-refractivity contribution in [2.45, 2.75) is 59.0 Å². The van der Waals surface area contributed by atoms with Crippen molar-refractivity contribution in [1.82, 2.24) is 4.90 Å². The highest BCUT2D eigenvalue weighted by Crippen LogP contribution is 2.37. The summed E-state index contributed by atoms with van der Waals surface area (Å²) in [6.07, 6.45) is 2.56. The lowest BCUT2D eigenvalue weighted by Crippen LogP contribution is -2.43. The van der Waals surface area contributed by atoms with Gasteiger partial charge in [-0.15, -0.1) is 0 Å². The molecule has 0 aliphatic carbocycles. The summed E-state index contributed by atoms with van der Waals surface area (Å²) in [5, 5.41) is 0. The van der Waals surface area contributed by atoms with E-state index in [1.54, 1.807) is 0 Å². The van der Waals surface area contributed by atoms with Crippen LogP contribution in [0.2, 0.25) is 0 Å². The molecule has 0 saturated carbocycles. The van der Waals surface area contributed by atoms with Crippen molar-refractivity contribution in [1.29, 1.82) is 0 Å². The van der Waals surface area contributed by atoms with Crippen molar-refractivity contribution >= 4 is 0 Å². The molecule has 2 rings (SSSR count). The first-order valence-corrected chi connectivity index (χ1v) is 7.41. The second-order valence-corrected chi connectivity index (χ2v) is 6.65. The van der Waals surface area contributed by atoms with Crippen LogP contribution in [-0.2, 0) is 0 Å². The fourth-order valence-electron chi connectivity index (χ4n) is 3.47. The number of rotatable bonds is 3. The standard InChI is InChI=1S/C17H28N2/c1-12-9-14(3)15(10-13(12)2)16(11-18)19-8-6-7-17(19,4)5/h9-10,16H,6-8,11,18H2,1-5H3. The maximum atomic E-state index is 6.12. The molecule has 106 valence electrons. The zero-order valence-corrected chi connectivity index (χ0v) is 13.1. The molecule has 2 N–H and O–H groups in total. The zero-order valence-electron chi connectivity index (χ0n) is 13.1. The number of nitrogens with zero attached hydrogens (tertiary/aromatic N) is 1. The van der Waals surface area contributed by atoms with Crippen molar-refractivity contribution < 1.29 is 0 Å². The molecule has 1 saturated heterocycles. The van der Waals surface area contributed by atoms with Gasteiger partial charge >= 0.3 is 0 Å². The maximum absolute atomic E-state index is 6.12. The molecule has 1 heterocycles. The largest absolute Gasteiger partial charge is 0.329 e. The molecule has 1 fully saturated rings. The minimum Gasteiger partial charge on any atom is -0.329 e. The fourth-order valence-corrected chi connectivity index (χ4v) is 3.47. The van der Waals surface area contributed by atoms with E-state index in [4.69, 9.17) is 5.73 Å². The monoisotopic (exact) mass is 260 g/mol. The van der Waals surface area contributed by atoms with Gasteiger partial charge in [-0.05, 0) is 76.3 Å². The quantitative estimate of drug-likeness (QED) is 0.901. The second kappa shape index (κ2) is 5.26. The Kier molecular flexibility index (Phi) is 4.03. The van der Waals surface area contributed by atoms with Gasteiger partial charge in [-0.2, -0.15) is 0 Å². The molecule has 0 aromatic heterocycles. The van der Waals surface area contributed by atoms with Crippen molar-refractivity contribution in [2.24, 2.45) is 5.73 Å². The van der Waals surface area contributed by atoms with E-state index in [2.05, 4.69) is 51.7 Å². The lowest BCUT2D eigenvalue weighted by Gasteiger charge is -2.39. The first-order chi connectivity index (χ1) is 8.86. The summed E-state index contributed by atoms with van der Waals surface area (Å²) in [5.41, 5.74) is 11.9. The van der Waals surface area contributed by atoms with Gasteiger partial charge in [-0.25, -0.2) is 0 Å². The predicted octanol–water partition coefficient (Wildman–Crippen LogP) is 3.49. The number of nitrogens with two attached hydrogens (primary N) is 1. The van der Waals surface area contributed by atoms with Gasteiger partial charge in [0.2, 0.25) is 0 Å². The van der Waals surface area contributed by atoms with Gasteiger partial charge in [0.05, 0.1) is 0 Å². The molecular weight excluding hydrogens is 232 g/mol. The van der Waals surface area contributed by atoms with Gasteiger partial charge in [0.1, 0.15) is 0 Å². The highest BCUT2D eigenvalue weighted by molar-refractivity contribution is 5.38. The first kappa shape index (κ1) is 14.5.